The van der Waals surface area contributed by atoms with Gasteiger partial charge in [-0.2, -0.15) is 5.10 Å². The van der Waals surface area contributed by atoms with Crippen LogP contribution >= 0.6 is 35.3 Å². The lowest BCUT2D eigenvalue weighted by Gasteiger charge is -2.10. The van der Waals surface area contributed by atoms with Crippen molar-refractivity contribution in [2.75, 3.05) is 13.6 Å². The summed E-state index contributed by atoms with van der Waals surface area (Å²) in [6, 6.07) is 9.65. The molecule has 3 rings (SSSR count). The number of hydrogen-bond acceptors (Lipinski definition) is 4. The van der Waals surface area contributed by atoms with Crippen LogP contribution in [0.5, 0.6) is 0 Å². The topological polar surface area (TPSA) is 58.9 Å². The Hall–Kier alpha value is -1.60. The molecule has 3 aromatic rings. The fraction of sp³-hybridized carbons (Fsp3) is 0.294. The van der Waals surface area contributed by atoms with E-state index in [1.54, 1.807) is 0 Å². The molecule has 0 aliphatic rings. The van der Waals surface area contributed by atoms with Crippen LogP contribution in [-0.4, -0.2) is 35.3 Å². The van der Waals surface area contributed by atoms with E-state index in [1.165, 1.54) is 11.3 Å². The summed E-state index contributed by atoms with van der Waals surface area (Å²) < 4.78 is 1.86. The largest absolute Gasteiger partial charge is 0.350 e. The third-order valence-corrected chi connectivity index (χ3v) is 5.26. The van der Waals surface area contributed by atoms with Crippen molar-refractivity contribution in [1.82, 2.24) is 20.4 Å². The molecule has 1 aromatic carbocycles. The second kappa shape index (κ2) is 8.19. The minimum Gasteiger partial charge on any atom is -0.350 e. The summed E-state index contributed by atoms with van der Waals surface area (Å²) >= 11 is 7.40. The molecule has 8 heteroatoms. The molecule has 0 saturated heterocycles. The van der Waals surface area contributed by atoms with Crippen molar-refractivity contribution in [3.05, 3.63) is 45.9 Å². The van der Waals surface area contributed by atoms with Gasteiger partial charge in [0.2, 0.25) is 0 Å². The molecule has 0 saturated carbocycles. The van der Waals surface area contributed by atoms with Crippen LogP contribution in [0.25, 0.3) is 15.9 Å². The van der Waals surface area contributed by atoms with Crippen molar-refractivity contribution in [1.29, 1.82) is 0 Å². The van der Waals surface area contributed by atoms with Gasteiger partial charge in [0.1, 0.15) is 4.83 Å². The quantitative estimate of drug-likeness (QED) is 0.686. The number of nitrogens with one attached hydrogen (secondary N) is 2. The third-order valence-electron chi connectivity index (χ3n) is 3.90. The molecule has 0 bridgehead atoms. The predicted molar refractivity (Wildman–Crippen MR) is 107 cm³/mol. The van der Waals surface area contributed by atoms with Gasteiger partial charge < -0.3 is 10.6 Å². The van der Waals surface area contributed by atoms with E-state index in [1.807, 2.05) is 55.9 Å². The van der Waals surface area contributed by atoms with Gasteiger partial charge in [-0.3, -0.25) is 4.79 Å². The molecule has 5 nitrogen and oxygen atoms in total. The smallest absolute Gasteiger partial charge is 0.261 e. The number of nitrogens with zero attached hydrogens (tertiary/aromatic N) is 2. The Morgan fingerprint density at radius 2 is 2.04 bits per heavy atom. The zero-order chi connectivity index (χ0) is 17.3. The van der Waals surface area contributed by atoms with Crippen molar-refractivity contribution < 1.29 is 4.79 Å². The standard InChI is InChI=1S/C17H19ClN4OS.ClH/c1-10(19-3)9-20-16(23)15-8-14-11(2)21-22(17(14)24-15)13-6-4-12(18)5-7-13;/h4-8,10,19H,9H2,1-3H3,(H,20,23);1H. The third kappa shape index (κ3) is 4.15. The lowest BCUT2D eigenvalue weighted by Crippen LogP contribution is -2.36. The summed E-state index contributed by atoms with van der Waals surface area (Å²) in [5, 5.41) is 12.3. The Morgan fingerprint density at radius 1 is 1.36 bits per heavy atom. The van der Waals surface area contributed by atoms with Gasteiger partial charge in [0, 0.05) is 23.0 Å². The number of halogens is 2. The zero-order valence-corrected chi connectivity index (χ0v) is 16.6. The molecule has 2 N–H and O–H groups in total. The maximum atomic E-state index is 12.4. The van der Waals surface area contributed by atoms with Crippen molar-refractivity contribution in [3.8, 4) is 5.69 Å². The molecule has 2 heterocycles. The van der Waals surface area contributed by atoms with Crippen LogP contribution in [0, 0.1) is 6.92 Å². The Morgan fingerprint density at radius 3 is 2.68 bits per heavy atom. The van der Waals surface area contributed by atoms with Crippen molar-refractivity contribution >= 4 is 51.5 Å². The normalized spacial score (nSPS) is 12.0. The highest BCUT2D eigenvalue weighted by molar-refractivity contribution is 7.20. The van der Waals surface area contributed by atoms with Crippen molar-refractivity contribution in [2.45, 2.75) is 19.9 Å². The SMILES string of the molecule is CNC(C)CNC(=O)c1cc2c(C)nn(-c3ccc(Cl)cc3)c2s1.Cl. The average molecular weight is 399 g/mol. The number of amides is 1. The summed E-state index contributed by atoms with van der Waals surface area (Å²) in [5.74, 6) is -0.0552. The monoisotopic (exact) mass is 398 g/mol. The van der Waals surface area contributed by atoms with E-state index >= 15 is 0 Å². The van der Waals surface area contributed by atoms with Crippen LogP contribution in [-0.2, 0) is 0 Å². The van der Waals surface area contributed by atoms with Crippen LogP contribution < -0.4 is 10.6 Å². The molecule has 1 amide bonds. The van der Waals surface area contributed by atoms with E-state index in [9.17, 15) is 4.79 Å². The van der Waals surface area contributed by atoms with Crippen molar-refractivity contribution in [3.63, 3.8) is 0 Å². The number of aryl methyl sites for hydroxylation is 1. The highest BCUT2D eigenvalue weighted by atomic mass is 35.5. The van der Waals surface area contributed by atoms with Crippen LogP contribution in [0.1, 0.15) is 22.3 Å². The number of fused-ring (bicyclic) bond motifs is 1. The van der Waals surface area contributed by atoms with E-state index < -0.39 is 0 Å². The summed E-state index contributed by atoms with van der Waals surface area (Å²) in [6.45, 7) is 4.56. The lowest BCUT2D eigenvalue weighted by molar-refractivity contribution is 0.0954. The van der Waals surface area contributed by atoms with E-state index in [-0.39, 0.29) is 24.4 Å². The van der Waals surface area contributed by atoms with Crippen LogP contribution in [0.3, 0.4) is 0 Å². The van der Waals surface area contributed by atoms with E-state index in [0.29, 0.717) is 16.4 Å². The molecule has 0 spiro atoms. The first kappa shape index (κ1) is 19.7. The summed E-state index contributed by atoms with van der Waals surface area (Å²) in [4.78, 5) is 14.0. The molecule has 1 atom stereocenters. The Bertz CT molecular complexity index is 873. The first-order chi connectivity index (χ1) is 11.5. The second-order valence-corrected chi connectivity index (χ2v) is 7.17. The molecule has 2 aromatic heterocycles. The number of likely N-dealkylation sites (N-methyl/N-ethyl adjacent to an activating group) is 1. The van der Waals surface area contributed by atoms with Gasteiger partial charge in [0.05, 0.1) is 16.3 Å². The molecule has 0 radical (unpaired) electrons. The molecular formula is C17H20Cl2N4OS. The van der Waals surface area contributed by atoms with Gasteiger partial charge in [-0.05, 0) is 51.2 Å². The molecule has 0 aliphatic carbocycles. The molecule has 134 valence electrons. The van der Waals surface area contributed by atoms with Gasteiger partial charge in [0.15, 0.2) is 0 Å². The molecule has 1 unspecified atom stereocenters. The molecule has 25 heavy (non-hydrogen) atoms. The number of aromatic nitrogens is 2. The minimum absolute atomic E-state index is 0. The summed E-state index contributed by atoms with van der Waals surface area (Å²) in [7, 11) is 1.88. The number of carbonyl (C=O) groups is 1. The Labute approximate surface area is 161 Å². The lowest BCUT2D eigenvalue weighted by atomic mass is 10.3. The Kier molecular flexibility index (Phi) is 6.46. The molecule has 0 fully saturated rings. The fourth-order valence-electron chi connectivity index (χ4n) is 2.35. The summed E-state index contributed by atoms with van der Waals surface area (Å²) in [5.41, 5.74) is 1.83. The first-order valence-corrected chi connectivity index (χ1v) is 8.89. The van der Waals surface area contributed by atoms with Crippen LogP contribution in [0.15, 0.2) is 30.3 Å². The maximum absolute atomic E-state index is 12.4. The number of rotatable bonds is 5. The zero-order valence-electron chi connectivity index (χ0n) is 14.2. The number of carbonyl (C=O) groups excluding carboxylic acids is 1. The fourth-order valence-corrected chi connectivity index (χ4v) is 3.58. The highest BCUT2D eigenvalue weighted by Gasteiger charge is 2.17. The van der Waals surface area contributed by atoms with Crippen molar-refractivity contribution in [2.24, 2.45) is 0 Å². The van der Waals surface area contributed by atoms with Gasteiger partial charge in [-0.1, -0.05) is 11.6 Å². The van der Waals surface area contributed by atoms with Crippen LogP contribution in [0.2, 0.25) is 5.02 Å². The summed E-state index contributed by atoms with van der Waals surface area (Å²) in [6.07, 6.45) is 0. The number of benzene rings is 1. The minimum atomic E-state index is -0.0552. The molecule has 0 aliphatic heterocycles. The number of hydrogen-bond donors (Lipinski definition) is 2. The first-order valence-electron chi connectivity index (χ1n) is 7.70. The van der Waals surface area contributed by atoms with Gasteiger partial charge in [0.25, 0.3) is 5.91 Å². The van der Waals surface area contributed by atoms with Gasteiger partial charge >= 0.3 is 0 Å². The average Bonchev–Trinajstić information content (AvgIpc) is 3.14. The van der Waals surface area contributed by atoms with E-state index in [2.05, 4.69) is 15.7 Å². The van der Waals surface area contributed by atoms with Gasteiger partial charge in [-0.15, -0.1) is 23.7 Å². The van der Waals surface area contributed by atoms with E-state index in [0.717, 1.165) is 21.6 Å². The van der Waals surface area contributed by atoms with Crippen LogP contribution in [0.4, 0.5) is 0 Å². The maximum Gasteiger partial charge on any atom is 0.261 e. The van der Waals surface area contributed by atoms with E-state index in [4.69, 9.17) is 11.6 Å². The molecular weight excluding hydrogens is 379 g/mol. The number of thiophene rings is 1. The Balaban J connectivity index is 0.00000225. The van der Waals surface area contributed by atoms with Gasteiger partial charge in [-0.25, -0.2) is 4.68 Å². The predicted octanol–water partition coefficient (Wildman–Crippen LogP) is 3.81. The second-order valence-electron chi connectivity index (χ2n) is 5.70. The highest BCUT2D eigenvalue weighted by Crippen LogP contribution is 2.30.